The van der Waals surface area contributed by atoms with E-state index < -0.39 is 15.9 Å². The molecule has 0 aromatic heterocycles. The highest BCUT2D eigenvalue weighted by atomic mass is 32.2. The van der Waals surface area contributed by atoms with E-state index in [9.17, 15) is 13.5 Å². The van der Waals surface area contributed by atoms with Crippen molar-refractivity contribution < 1.29 is 13.5 Å². The molecule has 0 aliphatic rings. The van der Waals surface area contributed by atoms with Crippen LogP contribution in [0.5, 0.6) is 0 Å². The number of rotatable bonds is 8. The average molecular weight is 284 g/mol. The maximum Gasteiger partial charge on any atom is 0.150 e. The fraction of sp³-hybridized carbons (Fsp3) is 0.600. The summed E-state index contributed by atoms with van der Waals surface area (Å²) in [5, 5.41) is 9.85. The molecule has 0 heterocycles. The van der Waals surface area contributed by atoms with Crippen molar-refractivity contribution in [3.8, 4) is 0 Å². The van der Waals surface area contributed by atoms with Gasteiger partial charge in [-0.05, 0) is 38.2 Å². The van der Waals surface area contributed by atoms with E-state index >= 15 is 0 Å². The first-order valence-corrected chi connectivity index (χ1v) is 8.69. The number of hydrogen-bond acceptors (Lipinski definition) is 3. The molecular formula is C15H24O3S. The van der Waals surface area contributed by atoms with Crippen LogP contribution in [0.4, 0.5) is 0 Å². The van der Waals surface area contributed by atoms with Crippen LogP contribution in [0.2, 0.25) is 0 Å². The van der Waals surface area contributed by atoms with Crippen LogP contribution >= 0.6 is 0 Å². The molecule has 0 aliphatic heterocycles. The second kappa shape index (κ2) is 7.65. The number of sulfone groups is 1. The molecule has 108 valence electrons. The normalized spacial score (nSPS) is 13.4. The van der Waals surface area contributed by atoms with Gasteiger partial charge in [-0.25, -0.2) is 8.42 Å². The lowest BCUT2D eigenvalue weighted by Gasteiger charge is -2.10. The van der Waals surface area contributed by atoms with Crippen LogP contribution in [-0.2, 0) is 16.3 Å². The van der Waals surface area contributed by atoms with E-state index in [4.69, 9.17) is 0 Å². The van der Waals surface area contributed by atoms with Gasteiger partial charge in [-0.15, -0.1) is 0 Å². The molecule has 1 unspecified atom stereocenters. The van der Waals surface area contributed by atoms with E-state index in [1.165, 1.54) is 11.1 Å². The van der Waals surface area contributed by atoms with Crippen molar-refractivity contribution >= 4 is 9.84 Å². The van der Waals surface area contributed by atoms with E-state index in [0.29, 0.717) is 19.3 Å². The molecule has 0 fully saturated rings. The van der Waals surface area contributed by atoms with Crippen molar-refractivity contribution in [2.24, 2.45) is 0 Å². The lowest BCUT2D eigenvalue weighted by molar-refractivity contribution is 0.154. The molecule has 1 rings (SSSR count). The number of benzene rings is 1. The Balaban J connectivity index is 2.27. The smallest absolute Gasteiger partial charge is 0.150 e. The van der Waals surface area contributed by atoms with Crippen LogP contribution in [0.15, 0.2) is 24.3 Å². The fourth-order valence-corrected chi connectivity index (χ4v) is 2.92. The summed E-state index contributed by atoms with van der Waals surface area (Å²) >= 11 is 0. The third-order valence-electron chi connectivity index (χ3n) is 3.28. The van der Waals surface area contributed by atoms with Crippen molar-refractivity contribution in [1.29, 1.82) is 0 Å². The minimum absolute atomic E-state index is 0.186. The Bertz CT molecular complexity index is 480. The van der Waals surface area contributed by atoms with Crippen molar-refractivity contribution in [2.75, 3.05) is 11.5 Å². The third-order valence-corrected chi connectivity index (χ3v) is 5.07. The lowest BCUT2D eigenvalue weighted by Crippen LogP contribution is -2.13. The molecule has 19 heavy (non-hydrogen) atoms. The first-order valence-electron chi connectivity index (χ1n) is 6.87. The van der Waals surface area contributed by atoms with Gasteiger partial charge in [0.2, 0.25) is 0 Å². The van der Waals surface area contributed by atoms with E-state index in [1.807, 2.05) is 6.07 Å². The van der Waals surface area contributed by atoms with Gasteiger partial charge in [0.15, 0.2) is 0 Å². The van der Waals surface area contributed by atoms with Gasteiger partial charge >= 0.3 is 0 Å². The topological polar surface area (TPSA) is 54.4 Å². The molecule has 3 nitrogen and oxygen atoms in total. The zero-order valence-electron chi connectivity index (χ0n) is 11.8. The Morgan fingerprint density at radius 2 is 2.00 bits per heavy atom. The summed E-state index contributed by atoms with van der Waals surface area (Å²) in [5.41, 5.74) is 2.45. The third kappa shape index (κ3) is 6.73. The summed E-state index contributed by atoms with van der Waals surface area (Å²) in [5.74, 6) is 0.372. The summed E-state index contributed by atoms with van der Waals surface area (Å²) in [4.78, 5) is 0. The molecule has 1 atom stereocenters. The van der Waals surface area contributed by atoms with Gasteiger partial charge in [0.25, 0.3) is 0 Å². The molecule has 0 radical (unpaired) electrons. The predicted octanol–water partition coefficient (Wildman–Crippen LogP) is 2.50. The van der Waals surface area contributed by atoms with Crippen molar-refractivity contribution in [3.05, 3.63) is 35.4 Å². The Morgan fingerprint density at radius 3 is 2.63 bits per heavy atom. The van der Waals surface area contributed by atoms with Gasteiger partial charge < -0.3 is 5.11 Å². The number of aliphatic hydroxyl groups is 1. The minimum Gasteiger partial charge on any atom is -0.393 e. The van der Waals surface area contributed by atoms with E-state index in [2.05, 4.69) is 25.1 Å². The average Bonchev–Trinajstić information content (AvgIpc) is 2.36. The molecule has 1 aromatic rings. The van der Waals surface area contributed by atoms with Gasteiger partial charge in [0.05, 0.1) is 11.9 Å². The van der Waals surface area contributed by atoms with Crippen molar-refractivity contribution in [1.82, 2.24) is 0 Å². The van der Waals surface area contributed by atoms with Gasteiger partial charge in [-0.3, -0.25) is 0 Å². The van der Waals surface area contributed by atoms with Gasteiger partial charge in [0, 0.05) is 5.75 Å². The molecule has 1 aromatic carbocycles. The largest absolute Gasteiger partial charge is 0.393 e. The number of aliphatic hydroxyl groups excluding tert-OH is 1. The summed E-state index contributed by atoms with van der Waals surface area (Å²) in [6.45, 7) is 3.71. The summed E-state index contributed by atoms with van der Waals surface area (Å²) in [7, 11) is -2.90. The Labute approximate surface area is 116 Å². The van der Waals surface area contributed by atoms with E-state index in [0.717, 1.165) is 6.42 Å². The standard InChI is InChI=1S/C15H24O3S/c1-3-19(17,18)11-5-8-15(16)10-9-14-7-4-6-13(2)12-14/h4,6-7,12,15-16H,3,5,8-11H2,1-2H3. The summed E-state index contributed by atoms with van der Waals surface area (Å²) < 4.78 is 22.6. The Morgan fingerprint density at radius 1 is 1.26 bits per heavy atom. The van der Waals surface area contributed by atoms with Crippen LogP contribution in [0, 0.1) is 6.92 Å². The highest BCUT2D eigenvalue weighted by Crippen LogP contribution is 2.11. The SMILES string of the molecule is CCS(=O)(=O)CCCC(O)CCc1cccc(C)c1. The fourth-order valence-electron chi connectivity index (χ4n) is 2.03. The van der Waals surface area contributed by atoms with Crippen LogP contribution < -0.4 is 0 Å². The second-order valence-corrected chi connectivity index (χ2v) is 7.53. The molecule has 0 saturated heterocycles. The first kappa shape index (κ1) is 16.2. The molecule has 0 amide bonds. The maximum atomic E-state index is 11.3. The lowest BCUT2D eigenvalue weighted by atomic mass is 10.0. The zero-order valence-corrected chi connectivity index (χ0v) is 12.6. The molecule has 0 bridgehead atoms. The molecule has 4 heteroatoms. The van der Waals surface area contributed by atoms with Gasteiger partial charge in [-0.1, -0.05) is 36.8 Å². The van der Waals surface area contributed by atoms with Crippen LogP contribution in [0.1, 0.15) is 37.3 Å². The Hall–Kier alpha value is -0.870. The number of aryl methyl sites for hydroxylation is 2. The molecule has 0 aliphatic carbocycles. The second-order valence-electron chi connectivity index (χ2n) is 5.06. The summed E-state index contributed by atoms with van der Waals surface area (Å²) in [6, 6.07) is 8.25. The molecule has 0 saturated carbocycles. The van der Waals surface area contributed by atoms with Crippen molar-refractivity contribution in [2.45, 2.75) is 45.6 Å². The van der Waals surface area contributed by atoms with E-state index in [1.54, 1.807) is 6.92 Å². The first-order chi connectivity index (χ1) is 8.93. The number of hydrogen-bond donors (Lipinski definition) is 1. The predicted molar refractivity (Wildman–Crippen MR) is 79.1 cm³/mol. The monoisotopic (exact) mass is 284 g/mol. The Kier molecular flexibility index (Phi) is 6.52. The molecular weight excluding hydrogens is 260 g/mol. The zero-order chi connectivity index (χ0) is 14.3. The summed E-state index contributed by atoms with van der Waals surface area (Å²) in [6.07, 6.45) is 2.22. The van der Waals surface area contributed by atoms with Gasteiger partial charge in [0.1, 0.15) is 9.84 Å². The van der Waals surface area contributed by atoms with Crippen LogP contribution in [-0.4, -0.2) is 31.1 Å². The minimum atomic E-state index is -2.90. The molecule has 1 N–H and O–H groups in total. The highest BCUT2D eigenvalue weighted by molar-refractivity contribution is 7.91. The van der Waals surface area contributed by atoms with Gasteiger partial charge in [-0.2, -0.15) is 0 Å². The quantitative estimate of drug-likeness (QED) is 0.798. The molecule has 0 spiro atoms. The van der Waals surface area contributed by atoms with Crippen molar-refractivity contribution in [3.63, 3.8) is 0 Å². The van der Waals surface area contributed by atoms with E-state index in [-0.39, 0.29) is 11.5 Å². The highest BCUT2D eigenvalue weighted by Gasteiger charge is 2.10. The van der Waals surface area contributed by atoms with Crippen LogP contribution in [0.3, 0.4) is 0 Å². The maximum absolute atomic E-state index is 11.3. The van der Waals surface area contributed by atoms with Crippen LogP contribution in [0.25, 0.3) is 0 Å².